The minimum Gasteiger partial charge on any atom is -0.370 e. The van der Waals surface area contributed by atoms with Crippen molar-refractivity contribution in [1.29, 1.82) is 0 Å². The van der Waals surface area contributed by atoms with Crippen molar-refractivity contribution >= 4 is 11.7 Å². The quantitative estimate of drug-likeness (QED) is 0.711. The molecule has 5 aliphatic rings. The number of allylic oxidation sites excluding steroid dienone is 1. The Kier molecular flexibility index (Phi) is 4.17. The van der Waals surface area contributed by atoms with Crippen molar-refractivity contribution in [2.75, 3.05) is 26.2 Å². The number of nitrogens with zero attached hydrogens (tertiary/aromatic N) is 3. The van der Waals surface area contributed by atoms with Gasteiger partial charge >= 0.3 is 0 Å². The fraction of sp³-hybridized carbons (Fsp3) is 0.538. The first-order valence-corrected chi connectivity index (χ1v) is 11.8. The van der Waals surface area contributed by atoms with Crippen LogP contribution in [-0.4, -0.2) is 48.4 Å². The molecule has 1 aliphatic carbocycles. The van der Waals surface area contributed by atoms with Gasteiger partial charge in [0.05, 0.1) is 31.7 Å². The number of ketones is 1. The first-order valence-electron chi connectivity index (χ1n) is 11.8. The molecule has 0 radical (unpaired) electrons. The average Bonchev–Trinajstić information content (AvgIpc) is 3.30. The molecule has 7 nitrogen and oxygen atoms in total. The Morgan fingerprint density at radius 3 is 2.58 bits per heavy atom. The third-order valence-electron chi connectivity index (χ3n) is 7.85. The lowest BCUT2D eigenvalue weighted by Crippen LogP contribution is -2.63. The molecule has 1 atom stereocenters. The van der Waals surface area contributed by atoms with Gasteiger partial charge in [0.25, 0.3) is 5.91 Å². The monoisotopic (exact) mass is 446 g/mol. The number of benzene rings is 1. The zero-order chi connectivity index (χ0) is 23.2. The lowest BCUT2D eigenvalue weighted by Gasteiger charge is -2.49. The fourth-order valence-corrected chi connectivity index (χ4v) is 6.63. The molecule has 0 bridgehead atoms. The molecule has 6 rings (SSSR count). The number of hydrogen-bond donors (Lipinski definition) is 1. The Morgan fingerprint density at radius 1 is 1.12 bits per heavy atom. The zero-order valence-corrected chi connectivity index (χ0v) is 19.7. The Labute approximate surface area is 194 Å². The van der Waals surface area contributed by atoms with Crippen LogP contribution in [0.5, 0.6) is 0 Å². The van der Waals surface area contributed by atoms with Crippen molar-refractivity contribution in [3.8, 4) is 0 Å². The van der Waals surface area contributed by atoms with E-state index >= 15 is 0 Å². The van der Waals surface area contributed by atoms with E-state index in [4.69, 9.17) is 4.74 Å². The minimum absolute atomic E-state index is 0.0449. The molecule has 2 fully saturated rings. The smallest absolute Gasteiger partial charge is 0.254 e. The highest BCUT2D eigenvalue weighted by Crippen LogP contribution is 2.58. The molecule has 1 amide bonds. The second kappa shape index (κ2) is 6.63. The van der Waals surface area contributed by atoms with E-state index in [9.17, 15) is 9.59 Å². The standard InChI is InChI=1S/C26H30N4O3/c1-15-5-16(2)7-17(6-15)23(32)30-12-25(13-30)11-26(14-33-25)18-10-27-29-22(18)28-19-8-24(3,4)9-20(31)21(19)26/h5-7,28H,8-14H2,1-4H3/t26-/m1/s1. The van der Waals surface area contributed by atoms with Gasteiger partial charge in [0, 0.05) is 28.8 Å². The lowest BCUT2D eigenvalue weighted by molar-refractivity contribution is -0.119. The van der Waals surface area contributed by atoms with Gasteiger partial charge in [-0.3, -0.25) is 9.59 Å². The highest BCUT2D eigenvalue weighted by atomic mass is 16.5. The summed E-state index contributed by atoms with van der Waals surface area (Å²) in [4.78, 5) is 28.4. The predicted molar refractivity (Wildman–Crippen MR) is 122 cm³/mol. The van der Waals surface area contributed by atoms with Crippen LogP contribution >= 0.6 is 0 Å². The molecule has 1 aromatic carbocycles. The Balaban J connectivity index is 1.29. The number of aryl methyl sites for hydroxylation is 2. The summed E-state index contributed by atoms with van der Waals surface area (Å²) in [5.41, 5.74) is 4.86. The molecule has 2 saturated heterocycles. The van der Waals surface area contributed by atoms with Gasteiger partial charge in [-0.1, -0.05) is 31.0 Å². The molecule has 33 heavy (non-hydrogen) atoms. The van der Waals surface area contributed by atoms with Crippen LogP contribution in [-0.2, 0) is 9.53 Å². The Hall–Kier alpha value is -2.80. The van der Waals surface area contributed by atoms with E-state index in [1.165, 1.54) is 0 Å². The van der Waals surface area contributed by atoms with Gasteiger partial charge in [0.15, 0.2) is 11.6 Å². The van der Waals surface area contributed by atoms with Crippen molar-refractivity contribution in [3.63, 3.8) is 0 Å². The van der Waals surface area contributed by atoms with Crippen LogP contribution < -0.4 is 5.32 Å². The number of ether oxygens (including phenoxy) is 1. The summed E-state index contributed by atoms with van der Waals surface area (Å²) in [6, 6.07) is 5.97. The van der Waals surface area contributed by atoms with Crippen LogP contribution in [0.15, 0.2) is 51.1 Å². The van der Waals surface area contributed by atoms with Gasteiger partial charge in [-0.05, 0) is 44.2 Å². The van der Waals surface area contributed by atoms with Crippen molar-refractivity contribution in [1.82, 2.24) is 10.2 Å². The Morgan fingerprint density at radius 2 is 1.85 bits per heavy atom. The van der Waals surface area contributed by atoms with Crippen LogP contribution in [0, 0.1) is 24.7 Å². The molecule has 0 aromatic heterocycles. The topological polar surface area (TPSA) is 83.4 Å². The van der Waals surface area contributed by atoms with E-state index < -0.39 is 11.0 Å². The minimum atomic E-state index is -0.484. The molecule has 4 aliphatic heterocycles. The molecule has 7 heteroatoms. The van der Waals surface area contributed by atoms with E-state index in [0.29, 0.717) is 39.1 Å². The summed E-state index contributed by atoms with van der Waals surface area (Å²) in [5.74, 6) is 1.04. The lowest BCUT2D eigenvalue weighted by atomic mass is 9.61. The molecule has 0 saturated carbocycles. The van der Waals surface area contributed by atoms with E-state index in [1.807, 2.05) is 30.9 Å². The van der Waals surface area contributed by atoms with Crippen molar-refractivity contribution in [3.05, 3.63) is 57.6 Å². The van der Waals surface area contributed by atoms with Crippen LogP contribution in [0.4, 0.5) is 0 Å². The second-order valence-electron chi connectivity index (χ2n) is 11.4. The summed E-state index contributed by atoms with van der Waals surface area (Å²) in [6.07, 6.45) is 2.05. The van der Waals surface area contributed by atoms with Crippen LogP contribution in [0.1, 0.15) is 54.6 Å². The van der Waals surface area contributed by atoms with E-state index in [2.05, 4.69) is 35.5 Å². The largest absolute Gasteiger partial charge is 0.370 e. The summed E-state index contributed by atoms with van der Waals surface area (Å²) < 4.78 is 6.47. The average molecular weight is 447 g/mol. The van der Waals surface area contributed by atoms with Gasteiger partial charge in [-0.25, -0.2) is 0 Å². The number of carbonyl (C=O) groups is 2. The van der Waals surface area contributed by atoms with E-state index in [-0.39, 0.29) is 17.1 Å². The van der Waals surface area contributed by atoms with Crippen LogP contribution in [0.25, 0.3) is 0 Å². The molecular formula is C26H30N4O3. The van der Waals surface area contributed by atoms with Crippen molar-refractivity contribution in [2.45, 2.75) is 52.6 Å². The van der Waals surface area contributed by atoms with Crippen LogP contribution in [0.3, 0.4) is 0 Å². The first-order chi connectivity index (χ1) is 15.6. The number of dihydropyridines is 1. The summed E-state index contributed by atoms with van der Waals surface area (Å²) in [6.45, 7) is 10.4. The normalized spacial score (nSPS) is 28.8. The molecule has 1 aromatic rings. The Bertz CT molecular complexity index is 1180. The zero-order valence-electron chi connectivity index (χ0n) is 19.7. The van der Waals surface area contributed by atoms with Gasteiger partial charge in [-0.2, -0.15) is 5.11 Å². The first kappa shape index (κ1) is 20.8. The molecule has 4 heterocycles. The van der Waals surface area contributed by atoms with Gasteiger partial charge < -0.3 is 15.0 Å². The van der Waals surface area contributed by atoms with Gasteiger partial charge in [0.2, 0.25) is 0 Å². The van der Waals surface area contributed by atoms with Crippen LogP contribution in [0.2, 0.25) is 0 Å². The number of nitrogens with one attached hydrogen (secondary N) is 1. The maximum absolute atomic E-state index is 13.4. The maximum Gasteiger partial charge on any atom is 0.254 e. The predicted octanol–water partition coefficient (Wildman–Crippen LogP) is 3.83. The SMILES string of the molecule is Cc1cc(C)cc(C(=O)N2CC3(C2)C[C@@]2(CO3)C3=C(N=NC3)NC3=C2C(=O)CC(C)(C)C3)c1. The molecule has 0 unspecified atom stereocenters. The number of carbonyl (C=O) groups excluding carboxylic acids is 2. The maximum atomic E-state index is 13.4. The highest BCUT2D eigenvalue weighted by molar-refractivity contribution is 6.00. The van der Waals surface area contributed by atoms with Gasteiger partial charge in [0.1, 0.15) is 5.60 Å². The van der Waals surface area contributed by atoms with E-state index in [1.54, 1.807) is 0 Å². The number of fused-ring (bicyclic) bond motifs is 2. The van der Waals surface area contributed by atoms with Gasteiger partial charge in [-0.15, -0.1) is 5.11 Å². The molecular weight excluding hydrogens is 416 g/mol. The number of Topliss-reactive ketones (excluding diaryl/α,β-unsaturated/α-hetero) is 1. The number of rotatable bonds is 1. The summed E-state index contributed by atoms with van der Waals surface area (Å²) in [5, 5.41) is 12.1. The summed E-state index contributed by atoms with van der Waals surface area (Å²) in [7, 11) is 0. The van der Waals surface area contributed by atoms with Crippen molar-refractivity contribution in [2.24, 2.45) is 21.1 Å². The van der Waals surface area contributed by atoms with E-state index in [0.717, 1.165) is 45.8 Å². The molecule has 1 N–H and O–H groups in total. The second-order valence-corrected chi connectivity index (χ2v) is 11.4. The third-order valence-corrected chi connectivity index (χ3v) is 7.85. The number of amides is 1. The highest BCUT2D eigenvalue weighted by Gasteiger charge is 2.63. The number of hydrogen-bond acceptors (Lipinski definition) is 6. The molecule has 2 spiro atoms. The fourth-order valence-electron chi connectivity index (χ4n) is 6.63. The molecule has 172 valence electrons. The number of azo groups is 1. The summed E-state index contributed by atoms with van der Waals surface area (Å²) >= 11 is 0. The van der Waals surface area contributed by atoms with Crippen molar-refractivity contribution < 1.29 is 14.3 Å². The number of likely N-dealkylation sites (tertiary alicyclic amines) is 1. The third kappa shape index (κ3) is 3.05.